The van der Waals surface area contributed by atoms with E-state index < -0.39 is 0 Å². The van der Waals surface area contributed by atoms with Crippen LogP contribution in [0.3, 0.4) is 0 Å². The van der Waals surface area contributed by atoms with Crippen LogP contribution in [0, 0.1) is 6.92 Å². The molecule has 1 aliphatic rings. The minimum absolute atomic E-state index is 0.0550. The molecule has 1 fully saturated rings. The highest BCUT2D eigenvalue weighted by Crippen LogP contribution is 2.40. The minimum Gasteiger partial charge on any atom is -0.469 e. The van der Waals surface area contributed by atoms with Crippen molar-refractivity contribution in [2.45, 2.75) is 25.3 Å². The molecule has 0 unspecified atom stereocenters. The van der Waals surface area contributed by atoms with Gasteiger partial charge in [-0.15, -0.1) is 0 Å². The van der Waals surface area contributed by atoms with Gasteiger partial charge in [-0.1, -0.05) is 0 Å². The highest BCUT2D eigenvalue weighted by Gasteiger charge is 2.41. The number of hydrogen-bond acceptors (Lipinski definition) is 3. The Bertz CT molecular complexity index is 658. The fourth-order valence-corrected chi connectivity index (χ4v) is 2.17. The molecule has 1 aliphatic carbocycles. The molecule has 1 amide bonds. The first kappa shape index (κ1) is 11.8. The molecule has 2 aromatic rings. The molecule has 5 heteroatoms. The van der Waals surface area contributed by atoms with E-state index in [1.54, 1.807) is 13.2 Å². The molecule has 0 aliphatic heterocycles. The molecule has 19 heavy (non-hydrogen) atoms. The number of rotatable bonds is 3. The normalized spacial score (nSPS) is 21.1. The smallest absolute Gasteiger partial charge is 0.256 e. The first-order chi connectivity index (χ1) is 9.15. The first-order valence-electron chi connectivity index (χ1n) is 6.19. The second-order valence-electron chi connectivity index (χ2n) is 4.83. The lowest BCUT2D eigenvalue weighted by Crippen LogP contribution is -2.31. The van der Waals surface area contributed by atoms with E-state index in [9.17, 15) is 9.59 Å². The molecule has 2 heterocycles. The number of H-pyrrole nitrogens is 1. The quantitative estimate of drug-likeness (QED) is 0.877. The number of aromatic nitrogens is 1. The number of carbonyl (C=O) groups excluding carboxylic acids is 1. The maximum atomic E-state index is 12.0. The average molecular weight is 258 g/mol. The first-order valence-corrected chi connectivity index (χ1v) is 6.19. The molecular formula is C14H14N2O3. The highest BCUT2D eigenvalue weighted by molar-refractivity contribution is 5.94. The lowest BCUT2D eigenvalue weighted by Gasteiger charge is -2.03. The van der Waals surface area contributed by atoms with Gasteiger partial charge in [0, 0.05) is 29.9 Å². The summed E-state index contributed by atoms with van der Waals surface area (Å²) in [5.41, 5.74) is 0.626. The summed E-state index contributed by atoms with van der Waals surface area (Å²) >= 11 is 0. The minimum atomic E-state index is -0.333. The maximum absolute atomic E-state index is 12.0. The van der Waals surface area contributed by atoms with E-state index in [4.69, 9.17) is 4.42 Å². The van der Waals surface area contributed by atoms with Crippen LogP contribution in [0.5, 0.6) is 0 Å². The van der Waals surface area contributed by atoms with Gasteiger partial charge in [-0.3, -0.25) is 9.59 Å². The molecular weight excluding hydrogens is 244 g/mol. The molecule has 3 rings (SSSR count). The van der Waals surface area contributed by atoms with Gasteiger partial charge in [0.25, 0.3) is 5.91 Å². The summed E-state index contributed by atoms with van der Waals surface area (Å²) in [7, 11) is 0. The third-order valence-electron chi connectivity index (χ3n) is 3.32. The molecule has 5 nitrogen and oxygen atoms in total. The van der Waals surface area contributed by atoms with Gasteiger partial charge in [0.05, 0.1) is 6.26 Å². The van der Waals surface area contributed by atoms with Crippen LogP contribution in [0.4, 0.5) is 0 Å². The topological polar surface area (TPSA) is 75.1 Å². The van der Waals surface area contributed by atoms with Gasteiger partial charge in [0.15, 0.2) is 5.43 Å². The summed E-state index contributed by atoms with van der Waals surface area (Å²) in [6, 6.07) is 5.21. The van der Waals surface area contributed by atoms with Crippen molar-refractivity contribution in [3.05, 3.63) is 57.9 Å². The van der Waals surface area contributed by atoms with E-state index in [1.165, 1.54) is 12.3 Å². The monoisotopic (exact) mass is 258 g/mol. The molecule has 0 aromatic carbocycles. The second-order valence-corrected chi connectivity index (χ2v) is 4.83. The second kappa shape index (κ2) is 4.42. The molecule has 0 saturated heterocycles. The maximum Gasteiger partial charge on any atom is 0.256 e. The van der Waals surface area contributed by atoms with Crippen LogP contribution in [0.15, 0.2) is 39.9 Å². The van der Waals surface area contributed by atoms with Crippen molar-refractivity contribution in [2.75, 3.05) is 0 Å². The summed E-state index contributed by atoms with van der Waals surface area (Å²) in [5, 5.41) is 2.85. The summed E-state index contributed by atoms with van der Waals surface area (Å²) in [6.45, 7) is 1.77. The number of pyridine rings is 1. The van der Waals surface area contributed by atoms with Crippen molar-refractivity contribution < 1.29 is 9.21 Å². The third-order valence-corrected chi connectivity index (χ3v) is 3.32. The molecule has 0 bridgehead atoms. The molecule has 98 valence electrons. The number of carbonyl (C=O) groups is 1. The largest absolute Gasteiger partial charge is 0.469 e. The predicted octanol–water partition coefficient (Wildman–Crippen LogP) is 1.56. The molecule has 2 atom stereocenters. The molecule has 0 spiro atoms. The Morgan fingerprint density at radius 2 is 2.37 bits per heavy atom. The van der Waals surface area contributed by atoms with Crippen LogP contribution in [0.2, 0.25) is 0 Å². The fraction of sp³-hybridized carbons (Fsp3) is 0.286. The number of hydrogen-bond donors (Lipinski definition) is 2. The zero-order valence-electron chi connectivity index (χ0n) is 10.5. The van der Waals surface area contributed by atoms with Gasteiger partial charge in [-0.05, 0) is 25.5 Å². The Labute approximate surface area is 109 Å². The van der Waals surface area contributed by atoms with E-state index in [1.807, 2.05) is 12.1 Å². The van der Waals surface area contributed by atoms with Crippen molar-refractivity contribution in [1.29, 1.82) is 0 Å². The number of amides is 1. The predicted molar refractivity (Wildman–Crippen MR) is 69.1 cm³/mol. The third kappa shape index (κ3) is 2.31. The summed E-state index contributed by atoms with van der Waals surface area (Å²) in [6.07, 6.45) is 3.93. The Morgan fingerprint density at radius 3 is 3.05 bits per heavy atom. The average Bonchev–Trinajstić information content (AvgIpc) is 2.90. The standard InChI is InChI=1S/C14H14N2O3/c1-8-5-12(17)10(7-15-8)14(18)16-11-6-9(11)13-3-2-4-19-13/h2-5,7,9,11H,6H2,1H3,(H,15,17)(H,16,18)/t9-,11-/m1/s1. The van der Waals surface area contributed by atoms with Crippen molar-refractivity contribution in [3.63, 3.8) is 0 Å². The Kier molecular flexibility index (Phi) is 2.74. The summed E-state index contributed by atoms with van der Waals surface area (Å²) < 4.78 is 5.30. The highest BCUT2D eigenvalue weighted by atomic mass is 16.3. The summed E-state index contributed by atoms with van der Waals surface area (Å²) in [4.78, 5) is 26.5. The van der Waals surface area contributed by atoms with Crippen molar-refractivity contribution >= 4 is 5.91 Å². The Hall–Kier alpha value is -2.30. The van der Waals surface area contributed by atoms with E-state index in [0.717, 1.165) is 17.9 Å². The van der Waals surface area contributed by atoms with Crippen LogP contribution in [-0.2, 0) is 0 Å². The van der Waals surface area contributed by atoms with Gasteiger partial charge < -0.3 is 14.7 Å². The lowest BCUT2D eigenvalue weighted by atomic mass is 10.2. The SMILES string of the molecule is Cc1cc(=O)c(C(=O)N[C@@H]2C[C@H]2c2ccco2)c[nH]1. The van der Waals surface area contributed by atoms with Gasteiger partial charge >= 0.3 is 0 Å². The van der Waals surface area contributed by atoms with Crippen molar-refractivity contribution in [1.82, 2.24) is 10.3 Å². The van der Waals surface area contributed by atoms with Crippen LogP contribution in [-0.4, -0.2) is 16.9 Å². The molecule has 0 radical (unpaired) electrons. The summed E-state index contributed by atoms with van der Waals surface area (Å²) in [5.74, 6) is 0.770. The molecule has 2 aromatic heterocycles. The zero-order chi connectivity index (χ0) is 13.4. The molecule has 1 saturated carbocycles. The molecule has 2 N–H and O–H groups in total. The van der Waals surface area contributed by atoms with E-state index >= 15 is 0 Å². The van der Waals surface area contributed by atoms with Crippen molar-refractivity contribution in [2.24, 2.45) is 0 Å². The van der Waals surface area contributed by atoms with Crippen LogP contribution in [0.25, 0.3) is 0 Å². The van der Waals surface area contributed by atoms with Gasteiger partial charge in [-0.2, -0.15) is 0 Å². The van der Waals surface area contributed by atoms with E-state index in [-0.39, 0.29) is 28.9 Å². The Balaban J connectivity index is 1.68. The van der Waals surface area contributed by atoms with E-state index in [2.05, 4.69) is 10.3 Å². The van der Waals surface area contributed by atoms with Gasteiger partial charge in [0.2, 0.25) is 0 Å². The van der Waals surface area contributed by atoms with Crippen LogP contribution >= 0.6 is 0 Å². The number of nitrogens with one attached hydrogen (secondary N) is 2. The fourth-order valence-electron chi connectivity index (χ4n) is 2.17. The number of aromatic amines is 1. The zero-order valence-corrected chi connectivity index (χ0v) is 10.5. The number of furan rings is 1. The van der Waals surface area contributed by atoms with Crippen molar-refractivity contribution in [3.8, 4) is 0 Å². The van der Waals surface area contributed by atoms with Crippen LogP contribution < -0.4 is 10.7 Å². The van der Waals surface area contributed by atoms with Gasteiger partial charge in [0.1, 0.15) is 11.3 Å². The number of aryl methyl sites for hydroxylation is 1. The van der Waals surface area contributed by atoms with E-state index in [0.29, 0.717) is 0 Å². The lowest BCUT2D eigenvalue weighted by molar-refractivity contribution is 0.0948. The van der Waals surface area contributed by atoms with Crippen LogP contribution in [0.1, 0.15) is 34.2 Å². The van der Waals surface area contributed by atoms with Gasteiger partial charge in [-0.25, -0.2) is 0 Å². The Morgan fingerprint density at radius 1 is 1.53 bits per heavy atom.